The number of aryl methyl sites for hydroxylation is 1. The Labute approximate surface area is 165 Å². The Morgan fingerprint density at radius 3 is 2.78 bits per heavy atom. The summed E-state index contributed by atoms with van der Waals surface area (Å²) < 4.78 is 2.35. The zero-order valence-corrected chi connectivity index (χ0v) is 17.0. The number of amides is 1. The molecule has 0 aliphatic heterocycles. The second-order valence-electron chi connectivity index (χ2n) is 7.17. The van der Waals surface area contributed by atoms with E-state index in [0.29, 0.717) is 17.3 Å². The SMILES string of the molecule is Cc1nc(SC(C)C(=O)Nc2cccc(C#N)c2)n(C2CCCCC2)c1C. The molecule has 0 saturated heterocycles. The number of aromatic nitrogens is 2. The summed E-state index contributed by atoms with van der Waals surface area (Å²) in [6, 6.07) is 9.56. The molecule has 1 aromatic carbocycles. The number of nitrogens with zero attached hydrogens (tertiary/aromatic N) is 3. The van der Waals surface area contributed by atoms with Crippen LogP contribution in [-0.2, 0) is 4.79 Å². The van der Waals surface area contributed by atoms with Crippen molar-refractivity contribution in [3.05, 3.63) is 41.2 Å². The van der Waals surface area contributed by atoms with Crippen LogP contribution in [-0.4, -0.2) is 20.7 Å². The van der Waals surface area contributed by atoms with Crippen LogP contribution in [0.5, 0.6) is 0 Å². The van der Waals surface area contributed by atoms with Crippen LogP contribution in [0.1, 0.15) is 62.0 Å². The van der Waals surface area contributed by atoms with E-state index in [4.69, 9.17) is 10.2 Å². The number of thioether (sulfide) groups is 1. The first-order valence-corrected chi connectivity index (χ1v) is 10.4. The first kappa shape index (κ1) is 19.5. The molecule has 5 nitrogen and oxygen atoms in total. The summed E-state index contributed by atoms with van der Waals surface area (Å²) in [4.78, 5) is 17.4. The number of anilines is 1. The number of imidazole rings is 1. The van der Waals surface area contributed by atoms with Gasteiger partial charge in [0, 0.05) is 17.4 Å². The number of nitriles is 1. The van der Waals surface area contributed by atoms with E-state index in [2.05, 4.69) is 22.9 Å². The summed E-state index contributed by atoms with van der Waals surface area (Å²) in [6.45, 7) is 6.06. The van der Waals surface area contributed by atoms with Gasteiger partial charge in [0.15, 0.2) is 5.16 Å². The number of rotatable bonds is 5. The third-order valence-electron chi connectivity index (χ3n) is 5.20. The highest BCUT2D eigenvalue weighted by molar-refractivity contribution is 8.00. The summed E-state index contributed by atoms with van der Waals surface area (Å²) in [5.41, 5.74) is 3.43. The van der Waals surface area contributed by atoms with Crippen molar-refractivity contribution in [3.8, 4) is 6.07 Å². The van der Waals surface area contributed by atoms with Gasteiger partial charge in [0.05, 0.1) is 22.6 Å². The van der Waals surface area contributed by atoms with E-state index in [1.165, 1.54) is 49.6 Å². The lowest BCUT2D eigenvalue weighted by Crippen LogP contribution is -2.23. The topological polar surface area (TPSA) is 70.7 Å². The molecular formula is C21H26N4OS. The maximum Gasteiger partial charge on any atom is 0.237 e. The summed E-state index contributed by atoms with van der Waals surface area (Å²) in [5, 5.41) is 12.6. The van der Waals surface area contributed by atoms with Crippen molar-refractivity contribution < 1.29 is 4.79 Å². The van der Waals surface area contributed by atoms with Crippen LogP contribution >= 0.6 is 11.8 Å². The van der Waals surface area contributed by atoms with Gasteiger partial charge in [-0.25, -0.2) is 4.98 Å². The molecule has 1 unspecified atom stereocenters. The lowest BCUT2D eigenvalue weighted by molar-refractivity contribution is -0.115. The smallest absolute Gasteiger partial charge is 0.237 e. The molecule has 1 aromatic heterocycles. The molecule has 1 atom stereocenters. The molecule has 1 aliphatic rings. The monoisotopic (exact) mass is 382 g/mol. The zero-order valence-electron chi connectivity index (χ0n) is 16.2. The van der Waals surface area contributed by atoms with Gasteiger partial charge in [0.2, 0.25) is 5.91 Å². The summed E-state index contributed by atoms with van der Waals surface area (Å²) in [5.74, 6) is -0.0800. The van der Waals surface area contributed by atoms with E-state index in [9.17, 15) is 4.79 Å². The maximum atomic E-state index is 12.6. The van der Waals surface area contributed by atoms with Crippen molar-refractivity contribution in [1.82, 2.24) is 9.55 Å². The Morgan fingerprint density at radius 1 is 1.33 bits per heavy atom. The van der Waals surface area contributed by atoms with Crippen LogP contribution in [0.25, 0.3) is 0 Å². The third-order valence-corrected chi connectivity index (χ3v) is 6.27. The zero-order chi connectivity index (χ0) is 19.4. The van der Waals surface area contributed by atoms with E-state index in [1.807, 2.05) is 13.8 Å². The van der Waals surface area contributed by atoms with Crippen LogP contribution in [0.3, 0.4) is 0 Å². The quantitative estimate of drug-likeness (QED) is 0.739. The first-order chi connectivity index (χ1) is 13.0. The van der Waals surface area contributed by atoms with Crippen LogP contribution in [0.2, 0.25) is 0 Å². The fourth-order valence-corrected chi connectivity index (χ4v) is 4.64. The number of hydrogen-bond donors (Lipinski definition) is 1. The average Bonchev–Trinajstić information content (AvgIpc) is 2.96. The normalized spacial score (nSPS) is 15.9. The molecule has 1 aliphatic carbocycles. The molecule has 27 heavy (non-hydrogen) atoms. The number of carbonyl (C=O) groups excluding carboxylic acids is 1. The summed E-state index contributed by atoms with van der Waals surface area (Å²) in [7, 11) is 0. The van der Waals surface area contributed by atoms with E-state index in [-0.39, 0.29) is 11.2 Å². The first-order valence-electron chi connectivity index (χ1n) is 9.52. The van der Waals surface area contributed by atoms with Crippen molar-refractivity contribution in [1.29, 1.82) is 5.26 Å². The third kappa shape index (κ3) is 4.54. The molecule has 0 radical (unpaired) electrons. The highest BCUT2D eigenvalue weighted by Crippen LogP contribution is 2.35. The molecule has 2 aromatic rings. The average molecular weight is 383 g/mol. The second kappa shape index (κ2) is 8.62. The Hall–Kier alpha value is -2.26. The minimum absolute atomic E-state index is 0.0800. The van der Waals surface area contributed by atoms with Gasteiger partial charge in [-0.2, -0.15) is 5.26 Å². The molecule has 1 saturated carbocycles. The van der Waals surface area contributed by atoms with Gasteiger partial charge in [-0.15, -0.1) is 0 Å². The standard InChI is InChI=1S/C21H26N4OS/c1-14-15(2)25(19-10-5-4-6-11-19)21(23-14)27-16(3)20(26)24-18-9-7-8-17(12-18)13-22/h7-9,12,16,19H,4-6,10-11H2,1-3H3,(H,24,26). The van der Waals surface area contributed by atoms with Crippen LogP contribution < -0.4 is 5.32 Å². The maximum absolute atomic E-state index is 12.6. The van der Waals surface area contributed by atoms with Gasteiger partial charge in [-0.1, -0.05) is 37.1 Å². The number of nitrogens with one attached hydrogen (secondary N) is 1. The van der Waals surface area contributed by atoms with Crippen LogP contribution in [0, 0.1) is 25.2 Å². The van der Waals surface area contributed by atoms with Gasteiger partial charge in [0.25, 0.3) is 0 Å². The Kier molecular flexibility index (Phi) is 6.22. The minimum atomic E-state index is -0.278. The van der Waals surface area contributed by atoms with Crippen molar-refractivity contribution in [2.45, 2.75) is 69.3 Å². The van der Waals surface area contributed by atoms with Gasteiger partial charge < -0.3 is 9.88 Å². The van der Waals surface area contributed by atoms with Crippen molar-refractivity contribution in [2.24, 2.45) is 0 Å². The number of benzene rings is 1. The molecule has 6 heteroatoms. The molecule has 1 amide bonds. The van der Waals surface area contributed by atoms with E-state index in [1.54, 1.807) is 24.3 Å². The molecule has 1 fully saturated rings. The summed E-state index contributed by atoms with van der Waals surface area (Å²) in [6.07, 6.45) is 6.21. The van der Waals surface area contributed by atoms with Gasteiger partial charge >= 0.3 is 0 Å². The molecular weight excluding hydrogens is 356 g/mol. The molecule has 3 rings (SSSR count). The van der Waals surface area contributed by atoms with Crippen molar-refractivity contribution in [3.63, 3.8) is 0 Å². The van der Waals surface area contributed by atoms with Crippen molar-refractivity contribution >= 4 is 23.4 Å². The van der Waals surface area contributed by atoms with Crippen LogP contribution in [0.4, 0.5) is 5.69 Å². The highest BCUT2D eigenvalue weighted by atomic mass is 32.2. The fourth-order valence-electron chi connectivity index (χ4n) is 3.57. The summed E-state index contributed by atoms with van der Waals surface area (Å²) >= 11 is 1.51. The molecule has 0 bridgehead atoms. The molecule has 142 valence electrons. The van der Waals surface area contributed by atoms with Crippen molar-refractivity contribution in [2.75, 3.05) is 5.32 Å². The molecule has 0 spiro atoms. The lowest BCUT2D eigenvalue weighted by atomic mass is 9.95. The van der Waals surface area contributed by atoms with Gasteiger partial charge in [-0.05, 0) is 51.8 Å². The number of carbonyl (C=O) groups is 1. The lowest BCUT2D eigenvalue weighted by Gasteiger charge is -2.26. The Morgan fingerprint density at radius 2 is 2.07 bits per heavy atom. The number of hydrogen-bond acceptors (Lipinski definition) is 4. The molecule has 1 N–H and O–H groups in total. The van der Waals surface area contributed by atoms with E-state index < -0.39 is 0 Å². The van der Waals surface area contributed by atoms with Gasteiger partial charge in [-0.3, -0.25) is 4.79 Å². The largest absolute Gasteiger partial charge is 0.325 e. The van der Waals surface area contributed by atoms with E-state index in [0.717, 1.165) is 10.9 Å². The minimum Gasteiger partial charge on any atom is -0.325 e. The second-order valence-corrected chi connectivity index (χ2v) is 8.48. The Bertz CT molecular complexity index is 862. The molecule has 1 heterocycles. The predicted molar refractivity (Wildman–Crippen MR) is 109 cm³/mol. The Balaban J connectivity index is 1.73. The fraction of sp³-hybridized carbons (Fsp3) is 0.476. The van der Waals surface area contributed by atoms with Crippen LogP contribution in [0.15, 0.2) is 29.4 Å². The predicted octanol–water partition coefficient (Wildman–Crippen LogP) is 5.00. The van der Waals surface area contributed by atoms with Gasteiger partial charge in [0.1, 0.15) is 0 Å². The van der Waals surface area contributed by atoms with E-state index >= 15 is 0 Å². The highest BCUT2D eigenvalue weighted by Gasteiger charge is 2.25.